The van der Waals surface area contributed by atoms with Crippen molar-refractivity contribution in [1.29, 1.82) is 0 Å². The third-order valence-electron chi connectivity index (χ3n) is 12.6. The number of benzene rings is 10. The van der Waals surface area contributed by atoms with Gasteiger partial charge in [-0.1, -0.05) is 200 Å². The first-order valence-corrected chi connectivity index (χ1v) is 22.8. The van der Waals surface area contributed by atoms with Crippen molar-refractivity contribution in [3.8, 4) is 44.5 Å². The van der Waals surface area contributed by atoms with E-state index < -0.39 is 0 Å². The maximum absolute atomic E-state index is 2.43. The summed E-state index contributed by atoms with van der Waals surface area (Å²) in [7, 11) is 0. The van der Waals surface area contributed by atoms with E-state index in [1.54, 1.807) is 0 Å². The number of allylic oxidation sites excluding steroid dienone is 4. The van der Waals surface area contributed by atoms with Crippen molar-refractivity contribution in [3.05, 3.63) is 248 Å². The number of fused-ring (bicyclic) bond motifs is 5. The van der Waals surface area contributed by atoms with Gasteiger partial charge in [0.1, 0.15) is 0 Å². The summed E-state index contributed by atoms with van der Waals surface area (Å²) < 4.78 is 2.64. The van der Waals surface area contributed by atoms with Crippen molar-refractivity contribution in [2.24, 2.45) is 0 Å². The zero-order valence-electron chi connectivity index (χ0n) is 35.9. The first-order chi connectivity index (χ1) is 31.6. The van der Waals surface area contributed by atoms with Crippen LogP contribution in [0.15, 0.2) is 242 Å². The Kier molecular flexibility index (Phi) is 10.3. The molecular formula is C62H45NS. The molecule has 1 nitrogen and oxygen atoms in total. The second kappa shape index (κ2) is 16.8. The predicted octanol–water partition coefficient (Wildman–Crippen LogP) is 18.2. The molecule has 0 aliphatic carbocycles. The van der Waals surface area contributed by atoms with Crippen LogP contribution in [0.2, 0.25) is 0 Å². The van der Waals surface area contributed by atoms with Crippen LogP contribution in [-0.2, 0) is 0 Å². The van der Waals surface area contributed by atoms with E-state index in [1.807, 2.05) is 11.3 Å². The van der Waals surface area contributed by atoms with Gasteiger partial charge in [0, 0.05) is 37.1 Å². The SMILES string of the molecule is C/C(=C\C=C(/C)N(c1ccc(-c2cccc3c2sc2ccccc23)cc1)c1cc(-c2ccc3ccccc3c2)ccc1-c1ccccc1)c1ccc(-c2cccc3ccccc23)cc1. The molecule has 0 bridgehead atoms. The molecule has 0 atom stereocenters. The average molecular weight is 836 g/mol. The zero-order chi connectivity index (χ0) is 43.0. The standard InChI is InChI=1S/C62H45NS/c1-42(44-28-31-48(32-29-44)55-22-12-19-46-17-8-9-20-54(46)55)26-27-43(2)63(53-37-34-49(35-38-53)57-23-13-24-59-58-21-10-11-25-61(58)64-62(57)59)60-41-52(36-39-56(60)47-15-4-3-5-16-47)51-33-30-45-14-6-7-18-50(45)40-51/h3-41H,1-2H3/b42-26+,43-27+. The first kappa shape index (κ1) is 39.1. The fourth-order valence-electron chi connectivity index (χ4n) is 9.23. The third kappa shape index (κ3) is 7.38. The van der Waals surface area contributed by atoms with Crippen molar-refractivity contribution in [3.63, 3.8) is 0 Å². The topological polar surface area (TPSA) is 3.24 Å². The molecule has 304 valence electrons. The first-order valence-electron chi connectivity index (χ1n) is 22.0. The van der Waals surface area contributed by atoms with E-state index in [2.05, 4.69) is 255 Å². The van der Waals surface area contributed by atoms with E-state index in [9.17, 15) is 0 Å². The summed E-state index contributed by atoms with van der Waals surface area (Å²) in [5.74, 6) is 0. The van der Waals surface area contributed by atoms with Gasteiger partial charge in [0.15, 0.2) is 0 Å². The van der Waals surface area contributed by atoms with Gasteiger partial charge in [0.2, 0.25) is 0 Å². The van der Waals surface area contributed by atoms with Gasteiger partial charge in [0.25, 0.3) is 0 Å². The second-order valence-electron chi connectivity index (χ2n) is 16.6. The molecule has 11 aromatic rings. The molecule has 0 N–H and O–H groups in total. The average Bonchev–Trinajstić information content (AvgIpc) is 3.75. The number of thiophene rings is 1. The Hall–Kier alpha value is -7.78. The molecule has 0 amide bonds. The Morgan fingerprint density at radius 2 is 0.969 bits per heavy atom. The number of nitrogens with zero attached hydrogens (tertiary/aromatic N) is 1. The van der Waals surface area contributed by atoms with E-state index >= 15 is 0 Å². The summed E-state index contributed by atoms with van der Waals surface area (Å²) in [5, 5.41) is 7.63. The highest BCUT2D eigenvalue weighted by atomic mass is 32.1. The summed E-state index contributed by atoms with van der Waals surface area (Å²) in [6.45, 7) is 4.44. The van der Waals surface area contributed by atoms with Crippen molar-refractivity contribution < 1.29 is 0 Å². The molecular weight excluding hydrogens is 791 g/mol. The van der Waals surface area contributed by atoms with Gasteiger partial charge < -0.3 is 4.90 Å². The van der Waals surface area contributed by atoms with Crippen LogP contribution < -0.4 is 4.90 Å². The minimum absolute atomic E-state index is 1.10. The van der Waals surface area contributed by atoms with Crippen LogP contribution in [-0.4, -0.2) is 0 Å². The van der Waals surface area contributed by atoms with Crippen LogP contribution >= 0.6 is 11.3 Å². The fraction of sp³-hybridized carbons (Fsp3) is 0.0323. The minimum atomic E-state index is 1.10. The normalized spacial score (nSPS) is 12.1. The lowest BCUT2D eigenvalue weighted by Crippen LogP contribution is -2.15. The van der Waals surface area contributed by atoms with E-state index in [-0.39, 0.29) is 0 Å². The lowest BCUT2D eigenvalue weighted by atomic mass is 9.95. The fourth-order valence-corrected chi connectivity index (χ4v) is 10.5. The van der Waals surface area contributed by atoms with E-state index in [1.165, 1.54) is 97.4 Å². The van der Waals surface area contributed by atoms with Crippen LogP contribution in [0, 0.1) is 0 Å². The van der Waals surface area contributed by atoms with Gasteiger partial charge in [-0.15, -0.1) is 11.3 Å². The van der Waals surface area contributed by atoms with Gasteiger partial charge in [0.05, 0.1) is 5.69 Å². The number of hydrogen-bond acceptors (Lipinski definition) is 2. The quantitative estimate of drug-likeness (QED) is 0.131. The predicted molar refractivity (Wildman–Crippen MR) is 279 cm³/mol. The van der Waals surface area contributed by atoms with Gasteiger partial charge in [-0.2, -0.15) is 0 Å². The number of anilines is 2. The molecule has 0 radical (unpaired) electrons. The molecule has 1 heterocycles. The highest BCUT2D eigenvalue weighted by molar-refractivity contribution is 7.26. The van der Waals surface area contributed by atoms with Crippen molar-refractivity contribution >= 4 is 70.0 Å². The lowest BCUT2D eigenvalue weighted by molar-refractivity contribution is 1.16. The maximum Gasteiger partial charge on any atom is 0.0542 e. The zero-order valence-corrected chi connectivity index (χ0v) is 36.7. The summed E-state index contributed by atoms with van der Waals surface area (Å²) >= 11 is 1.88. The molecule has 0 fully saturated rings. The Morgan fingerprint density at radius 3 is 1.80 bits per heavy atom. The van der Waals surface area contributed by atoms with Gasteiger partial charge in [-0.05, 0) is 122 Å². The van der Waals surface area contributed by atoms with Crippen LogP contribution in [0.25, 0.3) is 91.8 Å². The largest absolute Gasteiger partial charge is 0.314 e. The molecule has 1 aromatic heterocycles. The second-order valence-corrected chi connectivity index (χ2v) is 17.6. The summed E-state index contributed by atoms with van der Waals surface area (Å²) in [4.78, 5) is 2.43. The molecule has 2 heteroatoms. The van der Waals surface area contributed by atoms with Crippen LogP contribution in [0.1, 0.15) is 19.4 Å². The lowest BCUT2D eigenvalue weighted by Gasteiger charge is -2.29. The highest BCUT2D eigenvalue weighted by Gasteiger charge is 2.19. The monoisotopic (exact) mass is 835 g/mol. The van der Waals surface area contributed by atoms with Crippen molar-refractivity contribution in [2.75, 3.05) is 4.90 Å². The molecule has 0 aliphatic heterocycles. The molecule has 0 aliphatic rings. The Labute approximate surface area is 379 Å². The molecule has 0 saturated heterocycles. The molecule has 0 spiro atoms. The van der Waals surface area contributed by atoms with Crippen LogP contribution in [0.4, 0.5) is 11.4 Å². The number of hydrogen-bond donors (Lipinski definition) is 0. The van der Waals surface area contributed by atoms with E-state index in [4.69, 9.17) is 0 Å². The minimum Gasteiger partial charge on any atom is -0.314 e. The van der Waals surface area contributed by atoms with E-state index in [0.29, 0.717) is 0 Å². The van der Waals surface area contributed by atoms with Crippen molar-refractivity contribution in [1.82, 2.24) is 0 Å². The Bertz CT molecular complexity index is 3550. The maximum atomic E-state index is 2.43. The Balaban J connectivity index is 1.03. The molecule has 64 heavy (non-hydrogen) atoms. The van der Waals surface area contributed by atoms with Crippen LogP contribution in [0.3, 0.4) is 0 Å². The smallest absolute Gasteiger partial charge is 0.0542 e. The molecule has 10 aromatic carbocycles. The summed E-state index contributed by atoms with van der Waals surface area (Å²) in [6, 6.07) is 81.9. The van der Waals surface area contributed by atoms with Crippen molar-refractivity contribution in [2.45, 2.75) is 13.8 Å². The molecule has 0 saturated carbocycles. The molecule has 11 rings (SSSR count). The van der Waals surface area contributed by atoms with Gasteiger partial charge >= 0.3 is 0 Å². The van der Waals surface area contributed by atoms with E-state index in [0.717, 1.165) is 17.1 Å². The highest BCUT2D eigenvalue weighted by Crippen LogP contribution is 2.44. The summed E-state index contributed by atoms with van der Waals surface area (Å²) in [5.41, 5.74) is 15.4. The summed E-state index contributed by atoms with van der Waals surface area (Å²) in [6.07, 6.45) is 4.54. The van der Waals surface area contributed by atoms with Crippen LogP contribution in [0.5, 0.6) is 0 Å². The third-order valence-corrected chi connectivity index (χ3v) is 13.8. The van der Waals surface area contributed by atoms with Gasteiger partial charge in [-0.3, -0.25) is 0 Å². The number of rotatable bonds is 9. The van der Waals surface area contributed by atoms with Gasteiger partial charge in [-0.25, -0.2) is 0 Å². The molecule has 0 unspecified atom stereocenters. The Morgan fingerprint density at radius 1 is 0.391 bits per heavy atom.